The Morgan fingerprint density at radius 2 is 1.76 bits per heavy atom. The topological polar surface area (TPSA) is 267 Å². The summed E-state index contributed by atoms with van der Waals surface area (Å²) in [7, 11) is 4.91. The third-order valence-corrected chi connectivity index (χ3v) is 10.6. The number of nitrogens with one attached hydrogen (secondary N) is 5. The number of rotatable bonds is 18. The van der Waals surface area contributed by atoms with Crippen molar-refractivity contribution < 1.29 is 38.2 Å². The zero-order valence-corrected chi connectivity index (χ0v) is 34.8. The maximum absolute atomic E-state index is 13.1. The first-order valence-corrected chi connectivity index (χ1v) is 20.1. The molecule has 1 unspecified atom stereocenters. The van der Waals surface area contributed by atoms with Gasteiger partial charge in [0.1, 0.15) is 30.0 Å². The van der Waals surface area contributed by atoms with E-state index in [0.717, 1.165) is 11.1 Å². The number of para-hydroxylation sites is 1. The van der Waals surface area contributed by atoms with Crippen LogP contribution in [0.2, 0.25) is 0 Å². The molecule has 20 heteroatoms. The molecule has 5 heterocycles. The number of benzene rings is 2. The van der Waals surface area contributed by atoms with E-state index in [-0.39, 0.29) is 61.9 Å². The normalized spacial score (nSPS) is 15.0. The van der Waals surface area contributed by atoms with Crippen molar-refractivity contribution in [1.29, 1.82) is 0 Å². The molecule has 1 fully saturated rings. The molecule has 2 atom stereocenters. The number of hydrogen-bond donors (Lipinski definition) is 6. The van der Waals surface area contributed by atoms with E-state index >= 15 is 0 Å². The number of nitrogens with two attached hydrogens (primary N) is 1. The molecule has 20 nitrogen and oxygen atoms in total. The van der Waals surface area contributed by atoms with Gasteiger partial charge < -0.3 is 41.4 Å². The second-order valence-electron chi connectivity index (χ2n) is 14.8. The second-order valence-corrected chi connectivity index (χ2v) is 14.8. The van der Waals surface area contributed by atoms with Gasteiger partial charge in [-0.3, -0.25) is 38.8 Å². The number of piperidine rings is 1. The van der Waals surface area contributed by atoms with Crippen molar-refractivity contribution >= 4 is 58.5 Å². The summed E-state index contributed by atoms with van der Waals surface area (Å²) in [5.74, 6) is -0.997. The molecule has 2 aromatic carbocycles. The molecule has 0 radical (unpaired) electrons. The average Bonchev–Trinajstić information content (AvgIpc) is 3.86. The van der Waals surface area contributed by atoms with Crippen LogP contribution in [0, 0.1) is 0 Å². The number of ether oxygens (including phenoxy) is 2. The van der Waals surface area contributed by atoms with Crippen LogP contribution in [0.15, 0.2) is 73.3 Å². The zero-order valence-electron chi connectivity index (χ0n) is 34.8. The number of fused-ring (bicyclic) bond motifs is 1. The fourth-order valence-electron chi connectivity index (χ4n) is 7.43. The lowest BCUT2D eigenvalue weighted by Gasteiger charge is -2.29. The molecule has 1 saturated heterocycles. The second kappa shape index (κ2) is 19.3. The van der Waals surface area contributed by atoms with Gasteiger partial charge in [-0.05, 0) is 74.2 Å². The monoisotopic (exact) mass is 858 g/mol. The predicted molar refractivity (Wildman–Crippen MR) is 228 cm³/mol. The van der Waals surface area contributed by atoms with E-state index in [9.17, 15) is 28.8 Å². The van der Waals surface area contributed by atoms with Gasteiger partial charge in [-0.2, -0.15) is 5.10 Å². The fourth-order valence-corrected chi connectivity index (χ4v) is 7.43. The summed E-state index contributed by atoms with van der Waals surface area (Å²) in [5, 5.41) is 18.7. The summed E-state index contributed by atoms with van der Waals surface area (Å²) in [5.41, 5.74) is 9.89. The first-order valence-electron chi connectivity index (χ1n) is 20.1. The number of carbonyl (C=O) groups is 6. The first-order chi connectivity index (χ1) is 30.4. The van der Waals surface area contributed by atoms with Gasteiger partial charge in [-0.1, -0.05) is 18.2 Å². The van der Waals surface area contributed by atoms with Crippen molar-refractivity contribution in [3.8, 4) is 17.1 Å². The first kappa shape index (κ1) is 43.4. The molecule has 0 aliphatic carbocycles. The Balaban J connectivity index is 0.879. The SMILES string of the molecule is CN[C@@H](CCNC(=O)c1ccc(Nc2cc(Nc3cccc(-c4ncn(C)n4)c3OC)c(C(N)=O)cn2)nc1)C(=O)OCCCc1cccc2c1CN(C1CCC(=O)NC1=O)C2=O. The standard InChI is InChI=1S/C43H46N12O8/c1-45-31(43(61)63-18-6-8-24-7-4-9-26-29(24)22-55(42(26)60)33-13-15-36(56)52-41(33)59)16-17-46-40(58)25-12-14-34(47-20-25)51-35-19-32(28(21-48-35)38(44)57)50-30-11-5-10-27(37(30)62-3)39-49-23-54(2)53-39/h4-5,7,9-12,14,19-21,23,31,33,45H,6,8,13,15-18,22H2,1-3H3,(H2,44,57)(H,46,58)(H,52,56,59)(H2,47,48,50,51)/t31-,33?/m0/s1. The maximum atomic E-state index is 13.1. The largest absolute Gasteiger partial charge is 0.494 e. The minimum atomic E-state index is -0.699. The highest BCUT2D eigenvalue weighted by Gasteiger charge is 2.39. The number of aromatic nitrogens is 5. The van der Waals surface area contributed by atoms with Crippen molar-refractivity contribution in [2.75, 3.05) is 37.9 Å². The number of anilines is 4. The smallest absolute Gasteiger partial charge is 0.323 e. The van der Waals surface area contributed by atoms with Crippen molar-refractivity contribution in [2.24, 2.45) is 12.8 Å². The number of primary amides is 1. The summed E-state index contributed by atoms with van der Waals surface area (Å²) in [6, 6.07) is 14.2. The third kappa shape index (κ3) is 9.91. The van der Waals surface area contributed by atoms with E-state index in [1.165, 1.54) is 24.4 Å². The Bertz CT molecular complexity index is 2560. The number of esters is 1. The van der Waals surface area contributed by atoms with Gasteiger partial charge in [0.05, 0.1) is 41.8 Å². The number of carbonyl (C=O) groups excluding carboxylic acids is 6. The van der Waals surface area contributed by atoms with E-state index in [1.807, 2.05) is 12.1 Å². The Labute approximate surface area is 361 Å². The number of hydrogen-bond acceptors (Lipinski definition) is 15. The van der Waals surface area contributed by atoms with Crippen molar-refractivity contribution in [1.82, 2.24) is 45.6 Å². The molecule has 7 rings (SSSR count). The van der Waals surface area contributed by atoms with E-state index in [1.54, 1.807) is 67.6 Å². The fraction of sp³-hybridized carbons (Fsp3) is 0.302. The lowest BCUT2D eigenvalue weighted by Crippen LogP contribution is -2.52. The molecule has 0 bridgehead atoms. The summed E-state index contributed by atoms with van der Waals surface area (Å²) < 4.78 is 12.8. The van der Waals surface area contributed by atoms with Crippen molar-refractivity contribution in [2.45, 2.75) is 50.7 Å². The molecule has 2 aliphatic rings. The number of likely N-dealkylation sites (N-methyl/N-ethyl adjacent to an activating group) is 1. The van der Waals surface area contributed by atoms with E-state index in [2.05, 4.69) is 46.6 Å². The van der Waals surface area contributed by atoms with Crippen LogP contribution in [-0.2, 0) is 39.1 Å². The highest BCUT2D eigenvalue weighted by molar-refractivity contribution is 6.05. The zero-order chi connectivity index (χ0) is 44.6. The van der Waals surface area contributed by atoms with Gasteiger partial charge >= 0.3 is 5.97 Å². The van der Waals surface area contributed by atoms with Crippen LogP contribution in [0.3, 0.4) is 0 Å². The van der Waals surface area contributed by atoms with Crippen LogP contribution in [0.25, 0.3) is 11.4 Å². The minimum Gasteiger partial charge on any atom is -0.494 e. The third-order valence-electron chi connectivity index (χ3n) is 10.6. The quantitative estimate of drug-likeness (QED) is 0.0420. The summed E-state index contributed by atoms with van der Waals surface area (Å²) >= 11 is 0. The Kier molecular flexibility index (Phi) is 13.3. The number of nitrogens with zero attached hydrogens (tertiary/aromatic N) is 6. The highest BCUT2D eigenvalue weighted by atomic mass is 16.5. The number of pyridine rings is 2. The van der Waals surface area contributed by atoms with Crippen molar-refractivity contribution in [3.63, 3.8) is 0 Å². The molecule has 63 heavy (non-hydrogen) atoms. The number of aryl methyl sites for hydroxylation is 2. The Hall–Kier alpha value is -7.74. The molecule has 0 spiro atoms. The van der Waals surface area contributed by atoms with Gasteiger partial charge in [0.2, 0.25) is 11.8 Å². The number of imide groups is 1. The molecular weight excluding hydrogens is 813 g/mol. The average molecular weight is 859 g/mol. The maximum Gasteiger partial charge on any atom is 0.323 e. The molecule has 5 aromatic rings. The Morgan fingerprint density at radius 3 is 2.48 bits per heavy atom. The van der Waals surface area contributed by atoms with Gasteiger partial charge in [0.15, 0.2) is 11.6 Å². The lowest BCUT2D eigenvalue weighted by molar-refractivity contribution is -0.146. The molecule has 326 valence electrons. The number of methoxy groups -OCH3 is 1. The predicted octanol–water partition coefficient (Wildman–Crippen LogP) is 2.51. The van der Waals surface area contributed by atoms with Gasteiger partial charge in [0.25, 0.3) is 17.7 Å². The van der Waals surface area contributed by atoms with Crippen molar-refractivity contribution in [3.05, 3.63) is 101 Å². The summed E-state index contributed by atoms with van der Waals surface area (Å²) in [4.78, 5) is 89.9. The van der Waals surface area contributed by atoms with Crippen LogP contribution in [-0.4, -0.2) is 105 Å². The molecule has 2 aliphatic heterocycles. The van der Waals surface area contributed by atoms with Crippen LogP contribution in [0.5, 0.6) is 5.75 Å². The van der Waals surface area contributed by atoms with Gasteiger partial charge in [-0.15, -0.1) is 0 Å². The number of amides is 5. The van der Waals surface area contributed by atoms with Crippen LogP contribution < -0.4 is 37.1 Å². The molecule has 0 saturated carbocycles. The van der Waals surface area contributed by atoms with Crippen LogP contribution in [0.1, 0.15) is 67.9 Å². The Morgan fingerprint density at radius 1 is 0.968 bits per heavy atom. The minimum absolute atomic E-state index is 0.131. The van der Waals surface area contributed by atoms with Crippen LogP contribution in [0.4, 0.5) is 23.0 Å². The molecule has 7 N–H and O–H groups in total. The van der Waals surface area contributed by atoms with E-state index < -0.39 is 35.8 Å². The summed E-state index contributed by atoms with van der Waals surface area (Å²) in [6.07, 6.45) is 6.08. The molecular formula is C43H46N12O8. The molecule has 5 amide bonds. The molecule has 3 aromatic heterocycles. The van der Waals surface area contributed by atoms with E-state index in [0.29, 0.717) is 58.6 Å². The van der Waals surface area contributed by atoms with Gasteiger partial charge in [0, 0.05) is 50.6 Å². The van der Waals surface area contributed by atoms with E-state index in [4.69, 9.17) is 15.2 Å². The highest BCUT2D eigenvalue weighted by Crippen LogP contribution is 2.37. The van der Waals surface area contributed by atoms with Crippen LogP contribution >= 0.6 is 0 Å². The van der Waals surface area contributed by atoms with Gasteiger partial charge in [-0.25, -0.2) is 15.0 Å². The summed E-state index contributed by atoms with van der Waals surface area (Å²) in [6.45, 7) is 0.580. The lowest BCUT2D eigenvalue weighted by atomic mass is 10.00.